The van der Waals surface area contributed by atoms with Gasteiger partial charge in [-0.05, 0) is 19.9 Å². The minimum atomic E-state index is -4.20. The number of halogens is 1. The van der Waals surface area contributed by atoms with Crippen molar-refractivity contribution in [2.24, 2.45) is 0 Å². The monoisotopic (exact) mass is 402 g/mol. The van der Waals surface area contributed by atoms with Gasteiger partial charge < -0.3 is 18.5 Å². The van der Waals surface area contributed by atoms with E-state index in [4.69, 9.17) is 30.1 Å². The van der Waals surface area contributed by atoms with Crippen molar-refractivity contribution < 1.29 is 35.7 Å². The highest BCUT2D eigenvalue weighted by Gasteiger charge is 2.37. The first kappa shape index (κ1) is 21.2. The summed E-state index contributed by atoms with van der Waals surface area (Å²) in [6, 6.07) is 1.18. The Labute approximate surface area is 146 Å². The van der Waals surface area contributed by atoms with Crippen molar-refractivity contribution in [3.05, 3.63) is 11.1 Å². The predicted octanol–water partition coefficient (Wildman–Crippen LogP) is 2.58. The fraction of sp³-hybridized carbons (Fsp3) is 0.538. The molecule has 0 saturated carbocycles. The van der Waals surface area contributed by atoms with E-state index in [1.807, 2.05) is 0 Å². The number of rotatable bonds is 9. The van der Waals surface area contributed by atoms with Crippen molar-refractivity contribution in [2.75, 3.05) is 34.5 Å². The molecule has 0 aliphatic rings. The van der Waals surface area contributed by atoms with Crippen LogP contribution in [0.5, 0.6) is 11.5 Å². The van der Waals surface area contributed by atoms with Crippen molar-refractivity contribution in [1.29, 1.82) is 0 Å². The molecule has 0 atom stereocenters. The Kier molecular flexibility index (Phi) is 7.52. The maximum Gasteiger partial charge on any atom is 0.363 e. The molecule has 1 aromatic rings. The largest absolute Gasteiger partial charge is 0.495 e. The predicted molar refractivity (Wildman–Crippen MR) is 89.2 cm³/mol. The molecule has 0 aromatic heterocycles. The maximum absolute atomic E-state index is 13.0. The number of hydrogen-bond acceptors (Lipinski definition) is 8. The molecule has 0 heterocycles. The minimum absolute atomic E-state index is 0.0587. The summed E-state index contributed by atoms with van der Waals surface area (Å²) in [5, 5.41) is -0.282. The highest BCUT2D eigenvalue weighted by Crippen LogP contribution is 2.52. The van der Waals surface area contributed by atoms with Gasteiger partial charge in [-0.15, -0.1) is 0 Å². The molecule has 1 aromatic carbocycles. The van der Waals surface area contributed by atoms with Crippen molar-refractivity contribution in [2.45, 2.75) is 18.7 Å². The van der Waals surface area contributed by atoms with E-state index in [0.29, 0.717) is 0 Å². The van der Waals surface area contributed by atoms with Crippen LogP contribution in [0.15, 0.2) is 11.0 Å². The van der Waals surface area contributed by atoms with Gasteiger partial charge in [-0.25, -0.2) is 0 Å². The van der Waals surface area contributed by atoms with E-state index in [-0.39, 0.29) is 35.0 Å². The van der Waals surface area contributed by atoms with Gasteiger partial charge in [-0.2, -0.15) is 8.42 Å². The summed E-state index contributed by atoms with van der Waals surface area (Å²) in [5.74, 6) is -0.430. The Hall–Kier alpha value is -0.830. The lowest BCUT2D eigenvalue weighted by Gasteiger charge is -2.22. The molecule has 0 bridgehead atoms. The van der Waals surface area contributed by atoms with Gasteiger partial charge in [-0.3, -0.25) is 8.75 Å². The molecule has 1 rings (SSSR count). The third kappa shape index (κ3) is 4.04. The minimum Gasteiger partial charge on any atom is -0.495 e. The Morgan fingerprint density at radius 1 is 1.08 bits per heavy atom. The number of hydrogen-bond donors (Lipinski definition) is 0. The van der Waals surface area contributed by atoms with E-state index in [0.717, 1.165) is 7.11 Å². The first-order valence-corrected chi connectivity index (χ1v) is 10.2. The van der Waals surface area contributed by atoms with Crippen LogP contribution in [-0.4, -0.2) is 43.0 Å². The van der Waals surface area contributed by atoms with Gasteiger partial charge in [0.2, 0.25) is 0 Å². The van der Waals surface area contributed by atoms with Crippen LogP contribution >= 0.6 is 19.2 Å². The van der Waals surface area contributed by atoms with Gasteiger partial charge in [0.05, 0.1) is 44.9 Å². The van der Waals surface area contributed by atoms with Crippen LogP contribution in [-0.2, 0) is 27.9 Å². The van der Waals surface area contributed by atoms with Crippen molar-refractivity contribution in [3.8, 4) is 11.5 Å². The van der Waals surface area contributed by atoms with E-state index in [2.05, 4.69) is 4.18 Å². The Balaban J connectivity index is 3.83. The second kappa shape index (κ2) is 8.51. The first-order chi connectivity index (χ1) is 11.2. The van der Waals surface area contributed by atoms with Crippen LogP contribution in [0.25, 0.3) is 0 Å². The summed E-state index contributed by atoms with van der Waals surface area (Å²) in [5.41, 5.74) is 0. The average molecular weight is 403 g/mol. The summed E-state index contributed by atoms with van der Waals surface area (Å²) >= 11 is 6.23. The third-order valence-corrected chi connectivity index (χ3v) is 6.88. The lowest BCUT2D eigenvalue weighted by Crippen LogP contribution is -2.17. The van der Waals surface area contributed by atoms with E-state index in [1.165, 1.54) is 20.3 Å². The third-order valence-electron chi connectivity index (χ3n) is 2.91. The van der Waals surface area contributed by atoms with Crippen molar-refractivity contribution in [1.82, 2.24) is 0 Å². The average Bonchev–Trinajstić information content (AvgIpc) is 2.54. The molecular formula is C13H20ClO8PS. The number of benzene rings is 1. The van der Waals surface area contributed by atoms with E-state index < -0.39 is 22.6 Å². The highest BCUT2D eigenvalue weighted by molar-refractivity contribution is 7.87. The summed E-state index contributed by atoms with van der Waals surface area (Å²) < 4.78 is 62.5. The first-order valence-electron chi connectivity index (χ1n) is 6.87. The fourth-order valence-corrected chi connectivity index (χ4v) is 5.16. The molecule has 0 unspecified atom stereocenters. The zero-order valence-electron chi connectivity index (χ0n) is 14.0. The molecule has 8 nitrogen and oxygen atoms in total. The standard InChI is InChI=1S/C13H20ClO8PS/c1-6-21-23(15,22-7-2)10-8-9(18-3)13(24(16,17)20-5)12(19-4)11(10)14/h8H,6-7H2,1-5H3. The second-order valence-electron chi connectivity index (χ2n) is 4.23. The molecule has 138 valence electrons. The molecule has 0 aliphatic heterocycles. The van der Waals surface area contributed by atoms with Crippen LogP contribution in [0.1, 0.15) is 13.8 Å². The van der Waals surface area contributed by atoms with Crippen LogP contribution < -0.4 is 14.8 Å². The van der Waals surface area contributed by atoms with E-state index >= 15 is 0 Å². The van der Waals surface area contributed by atoms with Gasteiger partial charge in [0.1, 0.15) is 5.75 Å². The van der Waals surface area contributed by atoms with Gasteiger partial charge in [-0.1, -0.05) is 11.6 Å². The lowest BCUT2D eigenvalue weighted by molar-refractivity contribution is 0.229. The zero-order chi connectivity index (χ0) is 18.5. The smallest absolute Gasteiger partial charge is 0.363 e. The van der Waals surface area contributed by atoms with Crippen LogP contribution in [0, 0.1) is 0 Å². The van der Waals surface area contributed by atoms with Gasteiger partial charge in [0.15, 0.2) is 10.6 Å². The molecule has 0 fully saturated rings. The molecule has 24 heavy (non-hydrogen) atoms. The lowest BCUT2D eigenvalue weighted by atomic mass is 10.3. The van der Waals surface area contributed by atoms with Crippen molar-refractivity contribution >= 4 is 34.6 Å². The topological polar surface area (TPSA) is 97.4 Å². The highest BCUT2D eigenvalue weighted by atomic mass is 35.5. The summed E-state index contributed by atoms with van der Waals surface area (Å²) in [7, 11) is -4.55. The molecule has 0 N–H and O–H groups in total. The molecule has 0 radical (unpaired) electrons. The Morgan fingerprint density at radius 3 is 2.00 bits per heavy atom. The number of ether oxygens (including phenoxy) is 2. The maximum atomic E-state index is 13.0. The van der Waals surface area contributed by atoms with Crippen LogP contribution in [0.4, 0.5) is 0 Å². The summed E-state index contributed by atoms with van der Waals surface area (Å²) in [6.45, 7) is 3.46. The normalized spacial score (nSPS) is 12.2. The van der Waals surface area contributed by atoms with E-state index in [1.54, 1.807) is 13.8 Å². The molecular weight excluding hydrogens is 383 g/mol. The summed E-state index contributed by atoms with van der Waals surface area (Å²) in [4.78, 5) is -0.414. The summed E-state index contributed by atoms with van der Waals surface area (Å²) in [6.07, 6.45) is 0. The quantitative estimate of drug-likeness (QED) is 0.459. The van der Waals surface area contributed by atoms with Gasteiger partial charge in [0, 0.05) is 0 Å². The van der Waals surface area contributed by atoms with Crippen LogP contribution in [0.2, 0.25) is 5.02 Å². The second-order valence-corrected chi connectivity index (χ2v) is 8.25. The molecule has 0 saturated heterocycles. The van der Waals surface area contributed by atoms with Gasteiger partial charge in [0.25, 0.3) is 0 Å². The SMILES string of the molecule is CCOP(=O)(OCC)c1cc(OC)c(S(=O)(=O)OC)c(OC)c1Cl. The number of methoxy groups -OCH3 is 2. The van der Waals surface area contributed by atoms with Gasteiger partial charge >= 0.3 is 17.7 Å². The Bertz CT molecular complexity index is 724. The molecule has 0 aliphatic carbocycles. The zero-order valence-corrected chi connectivity index (χ0v) is 16.5. The molecule has 0 spiro atoms. The Morgan fingerprint density at radius 2 is 1.62 bits per heavy atom. The molecule has 11 heteroatoms. The fourth-order valence-electron chi connectivity index (χ4n) is 1.95. The van der Waals surface area contributed by atoms with Crippen LogP contribution in [0.3, 0.4) is 0 Å². The van der Waals surface area contributed by atoms with E-state index in [9.17, 15) is 13.0 Å². The van der Waals surface area contributed by atoms with Crippen molar-refractivity contribution in [3.63, 3.8) is 0 Å². The molecule has 0 amide bonds.